The molecule has 0 aliphatic heterocycles. The summed E-state index contributed by atoms with van der Waals surface area (Å²) in [5, 5.41) is 25.0. The molecule has 42 heavy (non-hydrogen) atoms. The number of aliphatic carboxylic acids is 1. The van der Waals surface area contributed by atoms with Gasteiger partial charge >= 0.3 is 35.5 Å². The van der Waals surface area contributed by atoms with E-state index in [1.54, 1.807) is 24.3 Å². The molecule has 2 aromatic rings. The number of benzene rings is 2. The van der Waals surface area contributed by atoms with Crippen LogP contribution >= 0.6 is 0 Å². The molecule has 0 aliphatic carbocycles. The molecule has 0 saturated heterocycles. The summed E-state index contributed by atoms with van der Waals surface area (Å²) in [5.41, 5.74) is 1.37. The molecule has 0 saturated carbocycles. The predicted molar refractivity (Wildman–Crippen MR) is 166 cm³/mol. The van der Waals surface area contributed by atoms with E-state index in [-0.39, 0.29) is 41.9 Å². The van der Waals surface area contributed by atoms with Gasteiger partial charge in [0.25, 0.3) is 0 Å². The molecular weight excluding hydrogens is 535 g/mol. The minimum absolute atomic E-state index is 0. The zero-order valence-corrected chi connectivity index (χ0v) is 28.1. The topological polar surface area (TPSA) is 102 Å². The second-order valence-electron chi connectivity index (χ2n) is 11.1. The number of carboxylic acid groups (broad SMARTS) is 1. The largest absolute Gasteiger partial charge is 1.00 e. The van der Waals surface area contributed by atoms with Gasteiger partial charge < -0.3 is 15.5 Å². The number of carboxylic acids is 1. The Morgan fingerprint density at radius 2 is 1.19 bits per heavy atom. The maximum absolute atomic E-state index is 13.2. The number of hydrogen-bond donors (Lipinski definition) is 2. The molecule has 0 heterocycles. The zero-order chi connectivity index (χ0) is 29.5. The van der Waals surface area contributed by atoms with Gasteiger partial charge in [-0.3, -0.25) is 9.79 Å². The van der Waals surface area contributed by atoms with Crippen LogP contribution in [0.15, 0.2) is 65.7 Å². The van der Waals surface area contributed by atoms with Crippen LogP contribution in [0, 0.1) is 0 Å². The van der Waals surface area contributed by atoms with E-state index in [0.29, 0.717) is 12.0 Å². The number of nitrogens with zero attached hydrogens (tertiary/aromatic N) is 1. The van der Waals surface area contributed by atoms with Crippen molar-refractivity contribution in [1.29, 1.82) is 0 Å². The first kappa shape index (κ1) is 37.9. The number of aliphatic imine (C=N–C) groups is 1. The van der Waals surface area contributed by atoms with Crippen molar-refractivity contribution >= 4 is 17.8 Å². The molecule has 1 amide bonds. The van der Waals surface area contributed by atoms with Crippen LogP contribution in [0.4, 0.5) is 0 Å². The van der Waals surface area contributed by atoms with Gasteiger partial charge in [-0.1, -0.05) is 157 Å². The molecule has 7 heteroatoms. The second kappa shape index (κ2) is 24.3. The van der Waals surface area contributed by atoms with Gasteiger partial charge in [0.2, 0.25) is 5.91 Å². The summed E-state index contributed by atoms with van der Waals surface area (Å²) in [6.45, 7) is 2.26. The van der Waals surface area contributed by atoms with Crippen LogP contribution in [0.5, 0.6) is 0 Å². The molecule has 226 valence electrons. The summed E-state index contributed by atoms with van der Waals surface area (Å²) >= 11 is 0. The molecule has 0 fully saturated rings. The molecule has 6 nitrogen and oxygen atoms in total. The van der Waals surface area contributed by atoms with Gasteiger partial charge in [0.05, 0.1) is 0 Å². The average Bonchev–Trinajstić information content (AvgIpc) is 2.98. The molecule has 0 aromatic heterocycles. The van der Waals surface area contributed by atoms with E-state index in [0.717, 1.165) is 24.8 Å². The van der Waals surface area contributed by atoms with E-state index < -0.39 is 24.0 Å². The third-order valence-corrected chi connectivity index (χ3v) is 7.53. The van der Waals surface area contributed by atoms with Gasteiger partial charge in [0.1, 0.15) is 6.04 Å². The van der Waals surface area contributed by atoms with Crippen LogP contribution in [0.3, 0.4) is 0 Å². The van der Waals surface area contributed by atoms with Gasteiger partial charge in [-0.05, 0) is 29.9 Å². The summed E-state index contributed by atoms with van der Waals surface area (Å²) in [5.74, 6) is -2.03. The summed E-state index contributed by atoms with van der Waals surface area (Å²) in [7, 11) is 0. The Labute approximate surface area is 276 Å². The number of nitrogens with one attached hydrogen (secondary N) is 1. The van der Waals surface area contributed by atoms with E-state index in [1.165, 1.54) is 77.0 Å². The van der Waals surface area contributed by atoms with Gasteiger partial charge in [0.15, 0.2) is 6.04 Å². The first-order valence-electron chi connectivity index (χ1n) is 15.9. The Balaban J connectivity index is 0.00000882. The fourth-order valence-electron chi connectivity index (χ4n) is 5.08. The molecule has 2 N–H and O–H groups in total. The smallest absolute Gasteiger partial charge is 0.862 e. The maximum Gasteiger partial charge on any atom is 1.00 e. The van der Waals surface area contributed by atoms with Crippen molar-refractivity contribution in [2.75, 3.05) is 0 Å². The zero-order valence-electron chi connectivity index (χ0n) is 26.1. The third-order valence-electron chi connectivity index (χ3n) is 7.53. The molecule has 2 atom stereocenters. The quantitative estimate of drug-likeness (QED) is 0.0863. The molecule has 0 radical (unpaired) electrons. The van der Waals surface area contributed by atoms with E-state index in [1.807, 2.05) is 36.4 Å². The average molecular weight is 587 g/mol. The molecule has 0 bridgehead atoms. The molecular formula is C35H51N2NaO4. The molecule has 0 spiro atoms. The number of hydrogen-bond acceptors (Lipinski definition) is 4. The van der Waals surface area contributed by atoms with Crippen LogP contribution in [-0.4, -0.2) is 28.9 Å². The van der Waals surface area contributed by atoms with E-state index in [2.05, 4.69) is 17.2 Å². The van der Waals surface area contributed by atoms with Crippen LogP contribution in [0.2, 0.25) is 0 Å². The van der Waals surface area contributed by atoms with E-state index >= 15 is 0 Å². The summed E-state index contributed by atoms with van der Waals surface area (Å²) in [6.07, 6.45) is 19.3. The first-order valence-corrected chi connectivity index (χ1v) is 15.9. The summed E-state index contributed by atoms with van der Waals surface area (Å²) < 4.78 is 0. The molecule has 0 aliphatic rings. The maximum atomic E-state index is 13.2. The van der Waals surface area contributed by atoms with Crippen LogP contribution in [0.25, 0.3) is 0 Å². The number of amides is 1. The van der Waals surface area contributed by atoms with Crippen LogP contribution in [-0.2, 0) is 16.0 Å². The molecule has 2 aromatic carbocycles. The Morgan fingerprint density at radius 3 is 1.67 bits per heavy atom. The standard InChI is InChI=1S/C35H52N2O4.Na/c1-2-3-4-5-6-7-8-9-10-11-12-13-14-15-22-27-32(38)37-33(30-25-20-17-21-26-30)34(39)36-31(35(40)41)28-29-23-18-16-19-24-29;/h16-21,23-26,31,33H,2-15,22,27-28H2,1H3,(H,36,39)(H,37,38)(H,40,41);/q;+1/p-1/t31-,33+;/m0./s1. The Kier molecular flexibility index (Phi) is 21.9. The van der Waals surface area contributed by atoms with Crippen molar-refractivity contribution < 1.29 is 49.4 Å². The Morgan fingerprint density at radius 1 is 0.738 bits per heavy atom. The second-order valence-corrected chi connectivity index (χ2v) is 11.1. The van der Waals surface area contributed by atoms with Gasteiger partial charge in [-0.15, -0.1) is 0 Å². The third kappa shape index (κ3) is 17.1. The van der Waals surface area contributed by atoms with Crippen LogP contribution < -0.4 is 40.0 Å². The van der Waals surface area contributed by atoms with Crippen molar-refractivity contribution in [3.8, 4) is 0 Å². The van der Waals surface area contributed by atoms with E-state index in [9.17, 15) is 19.8 Å². The number of carbonyl (C=O) groups excluding carboxylic acids is 1. The fraction of sp³-hybridized carbons (Fsp3) is 0.571. The molecule has 0 unspecified atom stereocenters. The van der Waals surface area contributed by atoms with Crippen molar-refractivity contribution in [3.63, 3.8) is 0 Å². The van der Waals surface area contributed by atoms with Crippen molar-refractivity contribution in [2.45, 2.75) is 128 Å². The first-order chi connectivity index (χ1) is 20.0. The number of unbranched alkanes of at least 4 members (excludes halogenated alkanes) is 14. The predicted octanol–water partition coefficient (Wildman–Crippen LogP) is 4.56. The fourth-order valence-corrected chi connectivity index (χ4v) is 5.08. The van der Waals surface area contributed by atoms with Crippen molar-refractivity contribution in [3.05, 3.63) is 71.8 Å². The normalized spacial score (nSPS) is 12.7. The van der Waals surface area contributed by atoms with Gasteiger partial charge in [-0.2, -0.15) is 0 Å². The van der Waals surface area contributed by atoms with Gasteiger partial charge in [-0.25, -0.2) is 4.79 Å². The SMILES string of the molecule is CCCCCCCCCCCCCCCCCC([O-])=N[C@@H](C(=O)N[C@@H](Cc1ccccc1)C(=O)O)c1ccccc1.[Na+]. The minimum Gasteiger partial charge on any atom is -0.862 e. The Bertz CT molecular complexity index is 1000. The number of rotatable bonds is 23. The summed E-state index contributed by atoms with van der Waals surface area (Å²) in [6, 6.07) is 15.8. The minimum atomic E-state index is -1.13. The Hall–Kier alpha value is -2.15. The summed E-state index contributed by atoms with van der Waals surface area (Å²) in [4.78, 5) is 29.3. The monoisotopic (exact) mass is 586 g/mol. The van der Waals surface area contributed by atoms with Crippen molar-refractivity contribution in [2.24, 2.45) is 4.99 Å². The van der Waals surface area contributed by atoms with E-state index in [4.69, 9.17) is 0 Å². The van der Waals surface area contributed by atoms with Crippen LogP contribution in [0.1, 0.15) is 127 Å². The number of carbonyl (C=O) groups is 2. The van der Waals surface area contributed by atoms with Gasteiger partial charge in [0, 0.05) is 6.42 Å². The van der Waals surface area contributed by atoms with Crippen molar-refractivity contribution in [1.82, 2.24) is 5.32 Å². The molecule has 2 rings (SSSR count).